The van der Waals surface area contributed by atoms with Crippen LogP contribution in [0.1, 0.15) is 104 Å². The lowest BCUT2D eigenvalue weighted by Crippen LogP contribution is -2.61. The van der Waals surface area contributed by atoms with E-state index in [1.807, 2.05) is 11.3 Å². The summed E-state index contributed by atoms with van der Waals surface area (Å²) in [5, 5.41) is 5.17. The molecule has 0 amide bonds. The highest BCUT2D eigenvalue weighted by molar-refractivity contribution is 7.25. The molecule has 12 aromatic carbocycles. The molecule has 1 aliphatic carbocycles. The molecule has 3 nitrogen and oxygen atoms in total. The van der Waals surface area contributed by atoms with Crippen LogP contribution in [0.15, 0.2) is 255 Å². The van der Waals surface area contributed by atoms with Gasteiger partial charge in [-0.25, -0.2) is 0 Å². The zero-order valence-electron chi connectivity index (χ0n) is 54.0. The molecule has 0 N–H and O–H groups in total. The first-order chi connectivity index (χ1) is 43.9. The van der Waals surface area contributed by atoms with Crippen molar-refractivity contribution >= 4 is 106 Å². The number of benzene rings is 12. The lowest BCUT2D eigenvalue weighted by atomic mass is 9.43. The molecule has 0 radical (unpaired) electrons. The maximum atomic E-state index is 2.73. The second-order valence-corrected chi connectivity index (χ2v) is 30.3. The average Bonchev–Trinajstić information content (AvgIpc) is 1.58. The summed E-state index contributed by atoms with van der Waals surface area (Å²) in [6.07, 6.45) is 2.36. The lowest BCUT2D eigenvalue weighted by molar-refractivity contribution is 0.332. The van der Waals surface area contributed by atoms with E-state index in [1.165, 1.54) is 127 Å². The van der Waals surface area contributed by atoms with Crippen molar-refractivity contribution < 1.29 is 0 Å². The average molecular weight is 1190 g/mol. The zero-order valence-corrected chi connectivity index (χ0v) is 54.8. The van der Waals surface area contributed by atoms with Gasteiger partial charge in [-0.05, 0) is 203 Å². The molecule has 2 aliphatic heterocycles. The predicted octanol–water partition coefficient (Wildman–Crippen LogP) is 23.3. The summed E-state index contributed by atoms with van der Waals surface area (Å²) in [7, 11) is 0. The molecule has 91 heavy (non-hydrogen) atoms. The van der Waals surface area contributed by atoms with Crippen LogP contribution >= 0.6 is 11.3 Å². The Hall–Kier alpha value is -9.42. The second-order valence-electron chi connectivity index (χ2n) is 29.2. The number of hydrogen-bond acceptors (Lipinski definition) is 4. The van der Waals surface area contributed by atoms with Crippen LogP contribution in [0.25, 0.3) is 75.5 Å². The van der Waals surface area contributed by atoms with Crippen molar-refractivity contribution in [1.29, 1.82) is 0 Å². The molecule has 13 aromatic rings. The van der Waals surface area contributed by atoms with E-state index in [4.69, 9.17) is 0 Å². The fourth-order valence-corrected chi connectivity index (χ4v) is 16.4. The van der Waals surface area contributed by atoms with Gasteiger partial charge in [0.25, 0.3) is 0 Å². The Kier molecular flexibility index (Phi) is 13.2. The smallest absolute Gasteiger partial charge is 0.333 e. The van der Waals surface area contributed by atoms with Gasteiger partial charge in [-0.1, -0.05) is 233 Å². The Morgan fingerprint density at radius 2 is 0.934 bits per heavy atom. The normalized spacial score (nSPS) is 14.7. The van der Waals surface area contributed by atoms with Gasteiger partial charge >= 0.3 is 6.85 Å². The van der Waals surface area contributed by atoms with Crippen LogP contribution < -0.4 is 25.5 Å². The maximum Gasteiger partial charge on any atom is 0.333 e. The molecule has 3 aliphatic rings. The Labute approximate surface area is 542 Å². The summed E-state index contributed by atoms with van der Waals surface area (Å²) in [6.45, 7) is 23.6. The molecule has 0 unspecified atom stereocenters. The van der Waals surface area contributed by atoms with E-state index < -0.39 is 0 Å². The summed E-state index contributed by atoms with van der Waals surface area (Å²) in [5.41, 5.74) is 26.9. The van der Waals surface area contributed by atoms with Gasteiger partial charge in [0.2, 0.25) is 0 Å². The first-order valence-corrected chi connectivity index (χ1v) is 33.4. The molecule has 0 spiro atoms. The van der Waals surface area contributed by atoms with Crippen molar-refractivity contribution in [2.45, 2.75) is 104 Å². The van der Waals surface area contributed by atoms with E-state index in [9.17, 15) is 0 Å². The van der Waals surface area contributed by atoms with Crippen molar-refractivity contribution in [1.82, 2.24) is 0 Å². The summed E-state index contributed by atoms with van der Waals surface area (Å²) in [4.78, 5) is 7.88. The van der Waals surface area contributed by atoms with E-state index in [0.29, 0.717) is 0 Å². The fraction of sp³-hybridized carbons (Fsp3) is 0.186. The Morgan fingerprint density at radius 1 is 0.396 bits per heavy atom. The van der Waals surface area contributed by atoms with Gasteiger partial charge in [0, 0.05) is 71.1 Å². The Bertz CT molecular complexity index is 4940. The van der Waals surface area contributed by atoms with Gasteiger partial charge in [0.1, 0.15) is 0 Å². The van der Waals surface area contributed by atoms with Crippen molar-refractivity contribution in [3.05, 3.63) is 277 Å². The van der Waals surface area contributed by atoms with E-state index >= 15 is 0 Å². The third kappa shape index (κ3) is 9.52. The number of thiophene rings is 1. The third-order valence-corrected chi connectivity index (χ3v) is 21.5. The highest BCUT2D eigenvalue weighted by Gasteiger charge is 2.47. The van der Waals surface area contributed by atoms with E-state index in [0.717, 1.165) is 39.6 Å². The highest BCUT2D eigenvalue weighted by Crippen LogP contribution is 2.55. The molecule has 16 rings (SSSR count). The monoisotopic (exact) mass is 1190 g/mol. The van der Waals surface area contributed by atoms with Gasteiger partial charge in [-0.3, -0.25) is 0 Å². The molecule has 0 bridgehead atoms. The molecule has 0 atom stereocenters. The van der Waals surface area contributed by atoms with Gasteiger partial charge in [-0.15, -0.1) is 11.3 Å². The van der Waals surface area contributed by atoms with Crippen LogP contribution in [-0.2, 0) is 21.7 Å². The molecule has 1 aromatic heterocycles. The lowest BCUT2D eigenvalue weighted by Gasteiger charge is -2.47. The fourth-order valence-electron chi connectivity index (χ4n) is 15.2. The van der Waals surface area contributed by atoms with Gasteiger partial charge in [0.15, 0.2) is 0 Å². The van der Waals surface area contributed by atoms with Crippen LogP contribution in [0.3, 0.4) is 0 Å². The molecule has 0 fully saturated rings. The SMILES string of the molecule is CC(C)(C)c1ccc(N2B3c4ccc(N(c5cccc(-c6ccccc6)c5)c5cccc(-c6ccccc6)c5)cc4N(c4ccc(C(C)(C)C)cc4-c4ccccc4)c4cc5ccccc5c(c43)-c3cc4sc5cc6c(cc5c4cc32)C(C)(C)CCC6(C)C)cc1. The van der Waals surface area contributed by atoms with Crippen LogP contribution in [0.4, 0.5) is 45.5 Å². The van der Waals surface area contributed by atoms with Gasteiger partial charge in [0.05, 0.1) is 5.69 Å². The predicted molar refractivity (Wildman–Crippen MR) is 394 cm³/mol. The number of anilines is 8. The van der Waals surface area contributed by atoms with Crippen molar-refractivity contribution in [3.63, 3.8) is 0 Å². The third-order valence-electron chi connectivity index (χ3n) is 20.4. The Balaban J connectivity index is 1.02. The maximum absolute atomic E-state index is 2.73. The summed E-state index contributed by atoms with van der Waals surface area (Å²) in [6, 6.07) is 97.3. The molecule has 5 heteroatoms. The summed E-state index contributed by atoms with van der Waals surface area (Å²) >= 11 is 1.97. The van der Waals surface area contributed by atoms with Gasteiger partial charge in [-0.2, -0.15) is 0 Å². The molecule has 0 saturated heterocycles. The molecular weight excluding hydrogens is 1120 g/mol. The second kappa shape index (κ2) is 21.1. The minimum atomic E-state index is -0.233. The van der Waals surface area contributed by atoms with E-state index in [1.54, 1.807) is 0 Å². The first-order valence-electron chi connectivity index (χ1n) is 32.6. The minimum Gasteiger partial charge on any atom is -0.376 e. The topological polar surface area (TPSA) is 9.72 Å². The highest BCUT2D eigenvalue weighted by atomic mass is 32.1. The molecule has 3 heterocycles. The van der Waals surface area contributed by atoms with Crippen molar-refractivity contribution in [3.8, 4) is 44.5 Å². The molecular formula is C86H76BN3S. The van der Waals surface area contributed by atoms with Gasteiger partial charge < -0.3 is 14.6 Å². The Morgan fingerprint density at radius 3 is 1.56 bits per heavy atom. The van der Waals surface area contributed by atoms with Crippen molar-refractivity contribution in [2.75, 3.05) is 14.6 Å². The summed E-state index contributed by atoms with van der Waals surface area (Å²) in [5.74, 6) is 0. The number of fused-ring (bicyclic) bond motifs is 10. The van der Waals surface area contributed by atoms with Crippen LogP contribution in [0.2, 0.25) is 0 Å². The zero-order chi connectivity index (χ0) is 62.3. The number of hydrogen-bond donors (Lipinski definition) is 0. The minimum absolute atomic E-state index is 0.0271. The largest absolute Gasteiger partial charge is 0.376 e. The number of rotatable bonds is 8. The van der Waals surface area contributed by atoms with Crippen molar-refractivity contribution in [2.24, 2.45) is 0 Å². The summed E-state index contributed by atoms with van der Waals surface area (Å²) < 4.78 is 2.69. The van der Waals surface area contributed by atoms with E-state index in [2.05, 4.69) is 339 Å². The first kappa shape index (κ1) is 56.8. The molecule has 444 valence electrons. The van der Waals surface area contributed by atoms with E-state index in [-0.39, 0.29) is 28.5 Å². The standard InChI is InChI=1S/C86H76BN3S/c1-83(2,3)61-36-39-63(40-37-61)90-76-52-70-69-51-72-73(86(9,10)45-44-85(72,7)8)54-80(69)91-79(70)53-71(76)81-67-35-21-20-30-60(67)48-78-82(81)87(90)74-42-41-66(50-77(74)89(78)75-43-38-62(84(4,5)6)49-68(75)57-28-18-13-19-29-57)88(64-33-22-31-58(46-64)55-24-14-11-15-25-55)65-34-23-32-59(47-65)56-26-16-12-17-27-56/h11-43,46-54H,44-45H2,1-10H3. The molecule has 0 saturated carbocycles. The number of nitrogens with zero attached hydrogens (tertiary/aromatic N) is 3. The van der Waals surface area contributed by atoms with Crippen LogP contribution in [0.5, 0.6) is 0 Å². The van der Waals surface area contributed by atoms with Crippen LogP contribution in [0, 0.1) is 0 Å². The van der Waals surface area contributed by atoms with Crippen LogP contribution in [-0.4, -0.2) is 6.85 Å². The quantitative estimate of drug-likeness (QED) is 0.140.